The van der Waals surface area contributed by atoms with Gasteiger partial charge in [0.1, 0.15) is 11.9 Å². The Labute approximate surface area is 236 Å². The van der Waals surface area contributed by atoms with Crippen LogP contribution in [0.25, 0.3) is 16.6 Å². The number of aromatic nitrogens is 3. The van der Waals surface area contributed by atoms with E-state index in [1.54, 1.807) is 10.7 Å². The van der Waals surface area contributed by atoms with Crippen molar-refractivity contribution in [2.75, 3.05) is 56.3 Å². The quantitative estimate of drug-likeness (QED) is 0.354. The van der Waals surface area contributed by atoms with Gasteiger partial charge >= 0.3 is 0 Å². The van der Waals surface area contributed by atoms with Crippen molar-refractivity contribution in [3.8, 4) is 22.9 Å². The summed E-state index contributed by atoms with van der Waals surface area (Å²) >= 11 is 0. The lowest BCUT2D eigenvalue weighted by Gasteiger charge is -2.56. The lowest BCUT2D eigenvalue weighted by Crippen LogP contribution is -2.68. The number of ether oxygens (including phenoxy) is 2. The first kappa shape index (κ1) is 25.7. The minimum absolute atomic E-state index is 0.290. The number of benzene rings is 1. The Morgan fingerprint density at radius 3 is 2.46 bits per heavy atom. The highest BCUT2D eigenvalue weighted by molar-refractivity contribution is 5.86. The van der Waals surface area contributed by atoms with Gasteiger partial charge in [-0.2, -0.15) is 10.4 Å². The standard InChI is InChI=1S/C30H29F2N7O2/c1-40-30-26(31)8-19(9-27(30)32)15-38-23-10-24(38)17-37(16-23)28-3-2-20(13-34-28)25-11-22(36-4-6-41-7-5-36)18-39-29(25)21(12-33)14-35-39/h2-3,8-9,11,13-14,18,23-24H,4-7,10,15-17H2,1H3. The van der Waals surface area contributed by atoms with Crippen LogP contribution in [0.4, 0.5) is 20.3 Å². The van der Waals surface area contributed by atoms with E-state index in [9.17, 15) is 14.0 Å². The van der Waals surface area contributed by atoms with E-state index in [1.807, 2.05) is 18.5 Å². The SMILES string of the molecule is COc1c(F)cc(CN2C3CC2CN(c2ccc(-c4cc(N5CCOCC5)cn5ncc(C#N)c45)cn2)C3)cc1F. The Morgan fingerprint density at radius 2 is 1.80 bits per heavy atom. The van der Waals surface area contributed by atoms with Crippen LogP contribution < -0.4 is 14.5 Å². The van der Waals surface area contributed by atoms with E-state index in [0.717, 1.165) is 60.7 Å². The Balaban J connectivity index is 1.10. The molecule has 4 aliphatic heterocycles. The van der Waals surface area contributed by atoms with Crippen molar-refractivity contribution in [3.63, 3.8) is 0 Å². The van der Waals surface area contributed by atoms with Gasteiger partial charge in [0.2, 0.25) is 0 Å². The Bertz CT molecular complexity index is 1610. The third-order valence-corrected chi connectivity index (χ3v) is 8.45. The summed E-state index contributed by atoms with van der Waals surface area (Å²) in [5, 5.41) is 14.2. The van der Waals surface area contributed by atoms with Crippen molar-refractivity contribution < 1.29 is 18.3 Å². The summed E-state index contributed by atoms with van der Waals surface area (Å²) < 4.78 is 40.5. The molecule has 7 heterocycles. The molecule has 0 N–H and O–H groups in total. The fourth-order valence-corrected chi connectivity index (χ4v) is 6.38. The van der Waals surface area contributed by atoms with Crippen molar-refractivity contribution in [1.82, 2.24) is 19.5 Å². The molecule has 41 heavy (non-hydrogen) atoms. The first-order chi connectivity index (χ1) is 20.0. The van der Waals surface area contributed by atoms with Crippen molar-refractivity contribution in [3.05, 3.63) is 71.7 Å². The normalized spacial score (nSPS) is 20.6. The number of nitrogens with zero attached hydrogens (tertiary/aromatic N) is 7. The summed E-state index contributed by atoms with van der Waals surface area (Å²) in [5.74, 6) is -0.808. The molecule has 3 aromatic heterocycles. The lowest BCUT2D eigenvalue weighted by molar-refractivity contribution is -0.00882. The monoisotopic (exact) mass is 557 g/mol. The van der Waals surface area contributed by atoms with Crippen molar-refractivity contribution in [2.45, 2.75) is 25.0 Å². The molecule has 9 nitrogen and oxygen atoms in total. The number of methoxy groups -OCH3 is 1. The summed E-state index contributed by atoms with van der Waals surface area (Å²) in [7, 11) is 1.26. The van der Waals surface area contributed by atoms with Gasteiger partial charge in [-0.05, 0) is 42.3 Å². The minimum atomic E-state index is -0.676. The van der Waals surface area contributed by atoms with Gasteiger partial charge in [-0.1, -0.05) is 0 Å². The number of piperidine rings is 1. The highest BCUT2D eigenvalue weighted by atomic mass is 19.1. The minimum Gasteiger partial charge on any atom is -0.491 e. The largest absolute Gasteiger partial charge is 0.491 e. The van der Waals surface area contributed by atoms with E-state index in [0.29, 0.717) is 43.0 Å². The third-order valence-electron chi connectivity index (χ3n) is 8.45. The number of nitriles is 1. The maximum atomic E-state index is 14.2. The van der Waals surface area contributed by atoms with E-state index in [4.69, 9.17) is 14.5 Å². The molecule has 4 saturated heterocycles. The maximum Gasteiger partial charge on any atom is 0.190 e. The number of hydrogen-bond acceptors (Lipinski definition) is 8. The van der Waals surface area contributed by atoms with Gasteiger partial charge in [-0.25, -0.2) is 18.3 Å². The Hall–Kier alpha value is -4.27. The molecule has 11 heteroatoms. The highest BCUT2D eigenvalue weighted by Crippen LogP contribution is 2.37. The van der Waals surface area contributed by atoms with E-state index < -0.39 is 11.6 Å². The molecule has 2 bridgehead atoms. The number of rotatable bonds is 6. The van der Waals surface area contributed by atoms with E-state index in [2.05, 4.69) is 38.0 Å². The van der Waals surface area contributed by atoms with Crippen molar-refractivity contribution in [1.29, 1.82) is 5.26 Å². The molecule has 0 spiro atoms. The molecule has 0 saturated carbocycles. The molecule has 8 rings (SSSR count). The first-order valence-electron chi connectivity index (χ1n) is 13.8. The van der Waals surface area contributed by atoms with Crippen LogP contribution in [0.5, 0.6) is 5.75 Å². The number of hydrogen-bond donors (Lipinski definition) is 0. The molecule has 210 valence electrons. The van der Waals surface area contributed by atoms with Gasteiger partial charge < -0.3 is 19.3 Å². The molecule has 1 aromatic carbocycles. The van der Waals surface area contributed by atoms with Crippen LogP contribution in [0.15, 0.2) is 48.9 Å². The third kappa shape index (κ3) is 4.53. The van der Waals surface area contributed by atoms with Gasteiger partial charge in [0.15, 0.2) is 17.4 Å². The molecule has 4 fully saturated rings. The average Bonchev–Trinajstić information content (AvgIpc) is 3.43. The fourth-order valence-electron chi connectivity index (χ4n) is 6.38. The Morgan fingerprint density at radius 1 is 1.05 bits per heavy atom. The molecule has 0 amide bonds. The molecule has 4 aliphatic rings. The molecule has 2 atom stereocenters. The first-order valence-corrected chi connectivity index (χ1v) is 13.8. The molecule has 0 radical (unpaired) electrons. The second-order valence-corrected chi connectivity index (χ2v) is 10.8. The zero-order valence-electron chi connectivity index (χ0n) is 22.6. The smallest absolute Gasteiger partial charge is 0.190 e. The zero-order valence-corrected chi connectivity index (χ0v) is 22.6. The fraction of sp³-hybridized carbons (Fsp3) is 0.367. The average molecular weight is 558 g/mol. The van der Waals surface area contributed by atoms with Gasteiger partial charge in [0.05, 0.1) is 49.5 Å². The second-order valence-electron chi connectivity index (χ2n) is 10.8. The summed E-state index contributed by atoms with van der Waals surface area (Å²) in [6, 6.07) is 11.8. The van der Waals surface area contributed by atoms with Gasteiger partial charge in [-0.15, -0.1) is 0 Å². The maximum absolute atomic E-state index is 14.2. The van der Waals surface area contributed by atoms with Crippen LogP contribution in [0.2, 0.25) is 0 Å². The van der Waals surface area contributed by atoms with E-state index in [-0.39, 0.29) is 5.75 Å². The van der Waals surface area contributed by atoms with Crippen LogP contribution in [-0.4, -0.2) is 78.1 Å². The number of fused-ring (bicyclic) bond motifs is 3. The second kappa shape index (κ2) is 10.3. The van der Waals surface area contributed by atoms with Crippen LogP contribution in [0, 0.1) is 23.0 Å². The number of piperazine rings is 1. The zero-order chi connectivity index (χ0) is 28.1. The topological polar surface area (TPSA) is 82.2 Å². The summed E-state index contributed by atoms with van der Waals surface area (Å²) in [5.41, 5.74) is 4.74. The van der Waals surface area contributed by atoms with Gasteiger partial charge in [0.25, 0.3) is 0 Å². The van der Waals surface area contributed by atoms with Crippen molar-refractivity contribution >= 4 is 17.0 Å². The number of morpholine rings is 1. The molecular formula is C30H29F2N7O2. The van der Waals surface area contributed by atoms with Crippen LogP contribution >= 0.6 is 0 Å². The predicted molar refractivity (Wildman–Crippen MR) is 149 cm³/mol. The number of halogens is 2. The molecule has 0 aliphatic carbocycles. The van der Waals surface area contributed by atoms with E-state index >= 15 is 0 Å². The predicted octanol–water partition coefficient (Wildman–Crippen LogP) is 3.85. The Kier molecular flexibility index (Phi) is 6.44. The van der Waals surface area contributed by atoms with E-state index in [1.165, 1.54) is 19.2 Å². The lowest BCUT2D eigenvalue weighted by atomic mass is 9.86. The van der Waals surface area contributed by atoms with Gasteiger partial charge in [-0.3, -0.25) is 4.90 Å². The number of pyridine rings is 2. The summed E-state index contributed by atoms with van der Waals surface area (Å²) in [6.45, 7) is 5.03. The van der Waals surface area contributed by atoms with Crippen LogP contribution in [0.3, 0.4) is 0 Å². The summed E-state index contributed by atoms with van der Waals surface area (Å²) in [6.07, 6.45) is 6.49. The summed E-state index contributed by atoms with van der Waals surface area (Å²) in [4.78, 5) is 11.7. The van der Waals surface area contributed by atoms with Crippen LogP contribution in [-0.2, 0) is 11.3 Å². The van der Waals surface area contributed by atoms with Crippen molar-refractivity contribution in [2.24, 2.45) is 0 Å². The van der Waals surface area contributed by atoms with Gasteiger partial charge in [0, 0.05) is 62.1 Å². The molecule has 2 unspecified atom stereocenters. The molecular weight excluding hydrogens is 528 g/mol. The highest BCUT2D eigenvalue weighted by Gasteiger charge is 2.44. The number of anilines is 2. The molecule has 4 aromatic rings. The van der Waals surface area contributed by atoms with Crippen LogP contribution in [0.1, 0.15) is 17.5 Å².